The van der Waals surface area contributed by atoms with Crippen LogP contribution in [0.15, 0.2) is 0 Å². The van der Waals surface area contributed by atoms with Crippen molar-refractivity contribution in [3.63, 3.8) is 0 Å². The third-order valence-corrected chi connectivity index (χ3v) is 3.80. The van der Waals surface area contributed by atoms with E-state index in [0.717, 1.165) is 0 Å². The maximum Gasteiger partial charge on any atom is 0.410 e. The Kier molecular flexibility index (Phi) is 8.70. The number of carbonyl (C=O) groups excluding carboxylic acids is 3. The fourth-order valence-electron chi connectivity index (χ4n) is 1.70. The molecule has 0 bridgehead atoms. The fraction of sp³-hybridized carbons (Fsp3) is 0.800. The zero-order valence-corrected chi connectivity index (χ0v) is 16.8. The number of esters is 1. The van der Waals surface area contributed by atoms with Gasteiger partial charge in [-0.1, -0.05) is 29.8 Å². The summed E-state index contributed by atoms with van der Waals surface area (Å²) in [7, 11) is 2.50. The molecule has 0 aromatic rings. The van der Waals surface area contributed by atoms with Crippen LogP contribution in [0.1, 0.15) is 34.6 Å². The van der Waals surface area contributed by atoms with Gasteiger partial charge in [0.25, 0.3) is 5.91 Å². The molecule has 0 aliphatic rings. The Morgan fingerprint density at radius 1 is 1.12 bits per heavy atom. The summed E-state index contributed by atoms with van der Waals surface area (Å²) in [5.74, 6) is -1.50. The molecule has 1 unspecified atom stereocenters. The minimum absolute atomic E-state index is 0.0481. The van der Waals surface area contributed by atoms with Gasteiger partial charge in [0.05, 0.1) is 12.4 Å². The molecular formula is C15H27BrN2O6. The highest BCUT2D eigenvalue weighted by Gasteiger charge is 2.43. The van der Waals surface area contributed by atoms with E-state index in [1.165, 1.54) is 14.2 Å². The van der Waals surface area contributed by atoms with Crippen LogP contribution in [0.25, 0.3) is 0 Å². The summed E-state index contributed by atoms with van der Waals surface area (Å²) >= 11 is 3.15. The van der Waals surface area contributed by atoms with Crippen LogP contribution in [0, 0.1) is 5.92 Å². The molecule has 0 radical (unpaired) electrons. The van der Waals surface area contributed by atoms with E-state index in [1.54, 1.807) is 34.6 Å². The summed E-state index contributed by atoms with van der Waals surface area (Å²) in [5.41, 5.74) is -2.47. The summed E-state index contributed by atoms with van der Waals surface area (Å²) in [6.45, 7) is 8.60. The second-order valence-electron chi connectivity index (χ2n) is 6.51. The first-order valence-electron chi connectivity index (χ1n) is 7.43. The topological polar surface area (TPSA) is 103 Å². The maximum absolute atomic E-state index is 12.6. The van der Waals surface area contributed by atoms with E-state index >= 15 is 0 Å². The predicted molar refractivity (Wildman–Crippen MR) is 91.7 cm³/mol. The van der Waals surface area contributed by atoms with E-state index < -0.39 is 35.3 Å². The normalized spacial score (nSPS) is 15.2. The molecule has 0 aliphatic carbocycles. The Morgan fingerprint density at radius 3 is 2.00 bits per heavy atom. The Morgan fingerprint density at radius 2 is 1.67 bits per heavy atom. The molecule has 140 valence electrons. The van der Waals surface area contributed by atoms with Gasteiger partial charge in [-0.15, -0.1) is 0 Å². The van der Waals surface area contributed by atoms with Crippen molar-refractivity contribution >= 4 is 33.9 Å². The highest BCUT2D eigenvalue weighted by Crippen LogP contribution is 2.15. The molecule has 8 nitrogen and oxygen atoms in total. The van der Waals surface area contributed by atoms with Crippen LogP contribution < -0.4 is 10.6 Å². The largest absolute Gasteiger partial charge is 0.467 e. The van der Waals surface area contributed by atoms with Gasteiger partial charge in [-0.2, -0.15) is 0 Å². The van der Waals surface area contributed by atoms with Crippen molar-refractivity contribution in [1.82, 2.24) is 10.6 Å². The van der Waals surface area contributed by atoms with Crippen LogP contribution in [0.2, 0.25) is 0 Å². The van der Waals surface area contributed by atoms with Gasteiger partial charge in [0.15, 0.2) is 0 Å². The van der Waals surface area contributed by atoms with Crippen molar-refractivity contribution in [2.75, 3.05) is 19.5 Å². The number of ether oxygens (including phenoxy) is 3. The van der Waals surface area contributed by atoms with Crippen LogP contribution in [0.5, 0.6) is 0 Å². The maximum atomic E-state index is 12.6. The summed E-state index contributed by atoms with van der Waals surface area (Å²) in [4.78, 5) is 36.4. The van der Waals surface area contributed by atoms with E-state index in [4.69, 9.17) is 9.47 Å². The number of hydrogen-bond donors (Lipinski definition) is 2. The van der Waals surface area contributed by atoms with Crippen molar-refractivity contribution in [2.24, 2.45) is 5.92 Å². The van der Waals surface area contributed by atoms with E-state index in [-0.39, 0.29) is 11.2 Å². The molecule has 0 heterocycles. The zero-order chi connectivity index (χ0) is 19.1. The van der Waals surface area contributed by atoms with Crippen molar-refractivity contribution in [3.05, 3.63) is 0 Å². The number of halogens is 1. The molecule has 0 fully saturated rings. The van der Waals surface area contributed by atoms with Crippen molar-refractivity contribution in [2.45, 2.75) is 52.0 Å². The quantitative estimate of drug-likeness (QED) is 0.375. The lowest BCUT2D eigenvalue weighted by molar-refractivity contribution is -0.152. The van der Waals surface area contributed by atoms with Crippen molar-refractivity contribution in [1.29, 1.82) is 0 Å². The van der Waals surface area contributed by atoms with E-state index in [0.29, 0.717) is 0 Å². The summed E-state index contributed by atoms with van der Waals surface area (Å²) in [6.07, 6.45) is -0.821. The average molecular weight is 411 g/mol. The molecule has 24 heavy (non-hydrogen) atoms. The predicted octanol–water partition coefficient (Wildman–Crippen LogP) is 1.56. The van der Waals surface area contributed by atoms with E-state index in [1.807, 2.05) is 0 Å². The Labute approximate surface area is 151 Å². The van der Waals surface area contributed by atoms with Crippen LogP contribution in [0.3, 0.4) is 0 Å². The smallest absolute Gasteiger partial charge is 0.410 e. The number of alkyl carbamates (subject to hydrolysis) is 1. The number of amides is 2. The van der Waals surface area contributed by atoms with Crippen molar-refractivity contribution in [3.8, 4) is 0 Å². The number of methoxy groups -OCH3 is 2. The molecular weight excluding hydrogens is 384 g/mol. The minimum atomic E-state index is -1.73. The lowest BCUT2D eigenvalue weighted by Crippen LogP contribution is -2.64. The van der Waals surface area contributed by atoms with Crippen LogP contribution in [0.4, 0.5) is 4.79 Å². The lowest BCUT2D eigenvalue weighted by Gasteiger charge is -2.33. The number of nitrogens with one attached hydrogen (secondary N) is 2. The molecule has 2 amide bonds. The lowest BCUT2D eigenvalue weighted by atomic mass is 10.0. The van der Waals surface area contributed by atoms with E-state index in [9.17, 15) is 14.4 Å². The van der Waals surface area contributed by atoms with Gasteiger partial charge in [-0.25, -0.2) is 9.59 Å². The second kappa shape index (κ2) is 9.22. The van der Waals surface area contributed by atoms with Crippen molar-refractivity contribution < 1.29 is 28.6 Å². The number of alkyl halides is 1. The fourth-order valence-corrected chi connectivity index (χ4v) is 2.32. The molecule has 2 N–H and O–H groups in total. The van der Waals surface area contributed by atoms with E-state index in [2.05, 4.69) is 31.3 Å². The first-order valence-corrected chi connectivity index (χ1v) is 8.55. The minimum Gasteiger partial charge on any atom is -0.467 e. The number of rotatable bonds is 7. The number of hydrogen-bond acceptors (Lipinski definition) is 6. The summed E-state index contributed by atoms with van der Waals surface area (Å²) in [5, 5.41) is 4.88. The number of carbonyl (C=O) groups is 3. The van der Waals surface area contributed by atoms with Gasteiger partial charge >= 0.3 is 12.1 Å². The average Bonchev–Trinajstić information content (AvgIpc) is 2.47. The molecule has 2 atom stereocenters. The molecule has 0 saturated carbocycles. The van der Waals surface area contributed by atoms with Gasteiger partial charge in [0.1, 0.15) is 11.6 Å². The molecule has 0 spiro atoms. The van der Waals surface area contributed by atoms with Crippen LogP contribution >= 0.6 is 15.9 Å². The van der Waals surface area contributed by atoms with Crippen LogP contribution in [-0.2, 0) is 23.8 Å². The van der Waals surface area contributed by atoms with Gasteiger partial charge in [0, 0.05) is 7.11 Å². The summed E-state index contributed by atoms with van der Waals surface area (Å²) < 4.78 is 15.0. The molecule has 0 aliphatic heterocycles. The monoisotopic (exact) mass is 410 g/mol. The Bertz CT molecular complexity index is 457. The third-order valence-electron chi connectivity index (χ3n) is 3.01. The standard InChI is InChI=1S/C15H27BrN2O6/c1-9(2)10(11(19)22-6)17-12(20)15(8-16,23-7)18-13(21)24-14(3,4)5/h9-10H,8H2,1-7H3,(H,17,20)(H,18,21)/t10-,15?/m0/s1. The second-order valence-corrected chi connectivity index (χ2v) is 7.07. The van der Waals surface area contributed by atoms with Gasteiger partial charge < -0.3 is 19.5 Å². The molecule has 0 aromatic carbocycles. The Balaban J connectivity index is 5.30. The SMILES string of the molecule is COC(=O)[C@@H](NC(=O)C(CBr)(NC(=O)OC(C)(C)C)OC)C(C)C. The highest BCUT2D eigenvalue weighted by atomic mass is 79.9. The first-order chi connectivity index (χ1) is 10.9. The molecule has 9 heteroatoms. The van der Waals surface area contributed by atoms with Crippen LogP contribution in [-0.4, -0.2) is 54.9 Å². The Hall–Kier alpha value is -1.35. The first kappa shape index (κ1) is 22.6. The highest BCUT2D eigenvalue weighted by molar-refractivity contribution is 9.09. The third kappa shape index (κ3) is 6.64. The van der Waals surface area contributed by atoms with Gasteiger partial charge in [-0.05, 0) is 26.7 Å². The molecule has 0 saturated heterocycles. The van der Waals surface area contributed by atoms with Gasteiger partial charge in [-0.3, -0.25) is 10.1 Å². The molecule has 0 aromatic heterocycles. The zero-order valence-electron chi connectivity index (χ0n) is 15.2. The van der Waals surface area contributed by atoms with Gasteiger partial charge in [0.2, 0.25) is 5.72 Å². The molecule has 0 rings (SSSR count). The summed E-state index contributed by atoms with van der Waals surface area (Å²) in [6, 6.07) is -0.878.